The minimum atomic E-state index is 0.299. The Balaban J connectivity index is 2.95. The molecule has 1 N–H and O–H groups in total. The highest BCUT2D eigenvalue weighted by atomic mass is 15.2. The third kappa shape index (κ3) is 4.96. The lowest BCUT2D eigenvalue weighted by atomic mass is 9.76. The maximum atomic E-state index is 3.97. The van der Waals surface area contributed by atoms with Crippen molar-refractivity contribution in [2.24, 2.45) is 5.92 Å². The van der Waals surface area contributed by atoms with Gasteiger partial charge in [0.2, 0.25) is 0 Å². The standard InChI is InChI=1S/C19H40N2/c1-6-16-20-18(17-14-12-10-11-13-15-17)19(5,7-2)21(8-3)9-4/h17-18,20H,6-16H2,1-5H3. The van der Waals surface area contributed by atoms with Gasteiger partial charge in [-0.25, -0.2) is 0 Å². The quantitative estimate of drug-likeness (QED) is 0.613. The lowest BCUT2D eigenvalue weighted by molar-refractivity contribution is 0.0417. The second kappa shape index (κ2) is 9.84. The van der Waals surface area contributed by atoms with Crippen molar-refractivity contribution in [1.29, 1.82) is 0 Å². The van der Waals surface area contributed by atoms with Crippen LogP contribution in [0.25, 0.3) is 0 Å². The second-order valence-corrected chi connectivity index (χ2v) is 7.07. The summed E-state index contributed by atoms with van der Waals surface area (Å²) in [5, 5.41) is 3.97. The van der Waals surface area contributed by atoms with E-state index in [4.69, 9.17) is 0 Å². The monoisotopic (exact) mass is 296 g/mol. The molecule has 0 spiro atoms. The highest BCUT2D eigenvalue weighted by Crippen LogP contribution is 2.35. The van der Waals surface area contributed by atoms with E-state index in [2.05, 4.69) is 44.8 Å². The van der Waals surface area contributed by atoms with E-state index in [9.17, 15) is 0 Å². The van der Waals surface area contributed by atoms with Gasteiger partial charge in [0.25, 0.3) is 0 Å². The molecule has 21 heavy (non-hydrogen) atoms. The van der Waals surface area contributed by atoms with Gasteiger partial charge >= 0.3 is 0 Å². The Labute approximate surface area is 134 Å². The normalized spacial score (nSPS) is 22.0. The van der Waals surface area contributed by atoms with Crippen LogP contribution in [0.4, 0.5) is 0 Å². The van der Waals surface area contributed by atoms with Crippen molar-refractivity contribution in [3.05, 3.63) is 0 Å². The number of hydrogen-bond acceptors (Lipinski definition) is 2. The van der Waals surface area contributed by atoms with Gasteiger partial charge in [0.05, 0.1) is 0 Å². The molecule has 0 heterocycles. The van der Waals surface area contributed by atoms with Crippen molar-refractivity contribution in [3.63, 3.8) is 0 Å². The zero-order valence-corrected chi connectivity index (χ0v) is 15.4. The van der Waals surface area contributed by atoms with Crippen LogP contribution in [0, 0.1) is 5.92 Å². The molecule has 2 heteroatoms. The highest BCUT2D eigenvalue weighted by molar-refractivity contribution is 4.99. The first-order chi connectivity index (χ1) is 10.1. The summed E-state index contributed by atoms with van der Waals surface area (Å²) in [7, 11) is 0. The minimum absolute atomic E-state index is 0.299. The summed E-state index contributed by atoms with van der Waals surface area (Å²) in [6, 6.07) is 0.653. The number of nitrogens with zero attached hydrogens (tertiary/aromatic N) is 1. The first kappa shape index (κ1) is 19.0. The smallest absolute Gasteiger partial charge is 0.0334 e. The van der Waals surface area contributed by atoms with E-state index in [0.717, 1.165) is 25.6 Å². The summed E-state index contributed by atoms with van der Waals surface area (Å²) < 4.78 is 0. The Hall–Kier alpha value is -0.0800. The molecule has 0 bridgehead atoms. The number of likely N-dealkylation sites (N-methyl/N-ethyl adjacent to an activating group) is 1. The minimum Gasteiger partial charge on any atom is -0.312 e. The molecule has 1 aliphatic carbocycles. The molecule has 1 aliphatic rings. The van der Waals surface area contributed by atoms with Crippen LogP contribution in [0.2, 0.25) is 0 Å². The van der Waals surface area contributed by atoms with E-state index in [1.165, 1.54) is 51.4 Å². The van der Waals surface area contributed by atoms with Gasteiger partial charge in [-0.3, -0.25) is 4.90 Å². The average Bonchev–Trinajstić information content (AvgIpc) is 2.78. The molecule has 0 saturated heterocycles. The van der Waals surface area contributed by atoms with E-state index < -0.39 is 0 Å². The first-order valence-electron chi connectivity index (χ1n) is 9.62. The number of rotatable bonds is 9. The second-order valence-electron chi connectivity index (χ2n) is 7.07. The molecule has 0 aromatic carbocycles. The molecular formula is C19H40N2. The lowest BCUT2D eigenvalue weighted by Crippen LogP contribution is -2.62. The summed E-state index contributed by atoms with van der Waals surface area (Å²) in [4.78, 5) is 2.70. The Kier molecular flexibility index (Phi) is 8.89. The van der Waals surface area contributed by atoms with Gasteiger partial charge in [0.15, 0.2) is 0 Å². The van der Waals surface area contributed by atoms with E-state index in [0.29, 0.717) is 11.6 Å². The van der Waals surface area contributed by atoms with Crippen molar-refractivity contribution >= 4 is 0 Å². The largest absolute Gasteiger partial charge is 0.312 e. The fraction of sp³-hybridized carbons (Fsp3) is 1.00. The first-order valence-corrected chi connectivity index (χ1v) is 9.62. The van der Waals surface area contributed by atoms with Crippen LogP contribution in [0.5, 0.6) is 0 Å². The summed E-state index contributed by atoms with van der Waals surface area (Å²) >= 11 is 0. The Morgan fingerprint density at radius 2 is 1.57 bits per heavy atom. The maximum absolute atomic E-state index is 3.97. The van der Waals surface area contributed by atoms with E-state index in [1.54, 1.807) is 0 Å². The summed E-state index contributed by atoms with van der Waals surface area (Å²) in [6.45, 7) is 15.3. The molecular weight excluding hydrogens is 256 g/mol. The van der Waals surface area contributed by atoms with E-state index in [-0.39, 0.29) is 0 Å². The molecule has 0 radical (unpaired) electrons. The van der Waals surface area contributed by atoms with Crippen LogP contribution in [-0.4, -0.2) is 36.1 Å². The summed E-state index contributed by atoms with van der Waals surface area (Å²) in [5.74, 6) is 0.865. The molecule has 1 saturated carbocycles. The van der Waals surface area contributed by atoms with Crippen molar-refractivity contribution < 1.29 is 0 Å². The van der Waals surface area contributed by atoms with Gasteiger partial charge in [-0.15, -0.1) is 0 Å². The fourth-order valence-corrected chi connectivity index (χ4v) is 4.42. The van der Waals surface area contributed by atoms with Crippen molar-refractivity contribution in [2.45, 2.75) is 97.6 Å². The molecule has 2 unspecified atom stereocenters. The fourth-order valence-electron chi connectivity index (χ4n) is 4.42. The SMILES string of the molecule is CCCNC(C1CCCCCC1)C(C)(CC)N(CC)CC. The summed E-state index contributed by atoms with van der Waals surface area (Å²) in [5.41, 5.74) is 0.299. The van der Waals surface area contributed by atoms with Gasteiger partial charge < -0.3 is 5.32 Å². The molecule has 0 aromatic rings. The third-order valence-electron chi connectivity index (χ3n) is 5.86. The van der Waals surface area contributed by atoms with Crippen LogP contribution < -0.4 is 5.32 Å². The van der Waals surface area contributed by atoms with E-state index >= 15 is 0 Å². The number of nitrogens with one attached hydrogen (secondary N) is 1. The zero-order valence-electron chi connectivity index (χ0n) is 15.4. The maximum Gasteiger partial charge on any atom is 0.0334 e. The molecule has 2 atom stereocenters. The third-order valence-corrected chi connectivity index (χ3v) is 5.86. The van der Waals surface area contributed by atoms with Crippen LogP contribution in [-0.2, 0) is 0 Å². The van der Waals surface area contributed by atoms with Crippen molar-refractivity contribution in [2.75, 3.05) is 19.6 Å². The molecule has 0 amide bonds. The Morgan fingerprint density at radius 1 is 1.00 bits per heavy atom. The Morgan fingerprint density at radius 3 is 2.00 bits per heavy atom. The predicted octanol–water partition coefficient (Wildman–Crippen LogP) is 4.84. The van der Waals surface area contributed by atoms with Crippen LogP contribution in [0.15, 0.2) is 0 Å². The van der Waals surface area contributed by atoms with E-state index in [1.807, 2.05) is 0 Å². The molecule has 1 rings (SSSR count). The molecule has 126 valence electrons. The molecule has 1 fully saturated rings. The summed E-state index contributed by atoms with van der Waals surface area (Å²) in [6.07, 6.45) is 11.1. The highest BCUT2D eigenvalue weighted by Gasteiger charge is 2.40. The van der Waals surface area contributed by atoms with Gasteiger partial charge in [0, 0.05) is 11.6 Å². The predicted molar refractivity (Wildman–Crippen MR) is 94.9 cm³/mol. The zero-order chi connectivity index (χ0) is 15.7. The van der Waals surface area contributed by atoms with Gasteiger partial charge in [-0.1, -0.05) is 53.4 Å². The van der Waals surface area contributed by atoms with Gasteiger partial charge in [0.1, 0.15) is 0 Å². The lowest BCUT2D eigenvalue weighted by Gasteiger charge is -2.49. The van der Waals surface area contributed by atoms with Crippen LogP contribution in [0.1, 0.15) is 86.0 Å². The van der Waals surface area contributed by atoms with Crippen molar-refractivity contribution in [1.82, 2.24) is 10.2 Å². The number of hydrogen-bond donors (Lipinski definition) is 1. The topological polar surface area (TPSA) is 15.3 Å². The van der Waals surface area contributed by atoms with Gasteiger partial charge in [-0.05, 0) is 58.2 Å². The van der Waals surface area contributed by atoms with Gasteiger partial charge in [-0.2, -0.15) is 0 Å². The Bertz CT molecular complexity index is 254. The molecule has 2 nitrogen and oxygen atoms in total. The molecule has 0 aliphatic heterocycles. The van der Waals surface area contributed by atoms with Crippen molar-refractivity contribution in [3.8, 4) is 0 Å². The molecule has 0 aromatic heterocycles. The average molecular weight is 297 g/mol. The van der Waals surface area contributed by atoms with Crippen LogP contribution in [0.3, 0.4) is 0 Å². The van der Waals surface area contributed by atoms with Crippen LogP contribution >= 0.6 is 0 Å².